The number of fused-ring (bicyclic) bond motifs is 2. The third-order valence-corrected chi connectivity index (χ3v) is 10.7. The van der Waals surface area contributed by atoms with E-state index in [9.17, 15) is 5.11 Å². The number of hydrogen-bond donors (Lipinski definition) is 1. The largest absolute Gasteiger partial charge is 0.507 e. The number of phenols is 1. The Morgan fingerprint density at radius 1 is 0.882 bits per heavy atom. The van der Waals surface area contributed by atoms with Crippen LogP contribution in [0.5, 0.6) is 5.75 Å². The van der Waals surface area contributed by atoms with Gasteiger partial charge in [0.1, 0.15) is 5.75 Å². The molecule has 3 saturated carbocycles. The van der Waals surface area contributed by atoms with Crippen molar-refractivity contribution >= 4 is 11.8 Å². The summed E-state index contributed by atoms with van der Waals surface area (Å²) in [6, 6.07) is 4.74. The molecule has 0 amide bonds. The summed E-state index contributed by atoms with van der Waals surface area (Å²) in [7, 11) is 0. The lowest BCUT2D eigenvalue weighted by Crippen LogP contribution is -2.47. The highest BCUT2D eigenvalue weighted by Crippen LogP contribution is 2.61. The molecule has 2 bridgehead atoms. The van der Waals surface area contributed by atoms with E-state index < -0.39 is 0 Å². The summed E-state index contributed by atoms with van der Waals surface area (Å²) in [4.78, 5) is 0. The van der Waals surface area contributed by atoms with Crippen molar-refractivity contribution in [1.29, 1.82) is 0 Å². The van der Waals surface area contributed by atoms with Crippen LogP contribution in [0.1, 0.15) is 142 Å². The van der Waals surface area contributed by atoms with Crippen LogP contribution in [0.4, 0.5) is 0 Å². The van der Waals surface area contributed by atoms with Crippen LogP contribution in [0.2, 0.25) is 0 Å². The fourth-order valence-electron chi connectivity index (χ4n) is 8.48. The molecule has 0 spiro atoms. The van der Waals surface area contributed by atoms with E-state index in [0.29, 0.717) is 16.6 Å². The summed E-state index contributed by atoms with van der Waals surface area (Å²) in [5, 5.41) is 12.5. The number of phenolic OH excluding ortho intramolecular Hbond substituents is 1. The monoisotopic (exact) mass is 484 g/mol. The van der Waals surface area contributed by atoms with Crippen molar-refractivity contribution in [3.8, 4) is 5.75 Å². The minimum atomic E-state index is 0.0686. The first kappa shape index (κ1) is 26.4. The summed E-state index contributed by atoms with van der Waals surface area (Å²) >= 11 is 2.12. The highest BCUT2D eigenvalue weighted by atomic mass is 32.2. The molecule has 4 rings (SSSR count). The Bertz CT molecular complexity index is 854. The molecule has 3 aliphatic carbocycles. The first-order valence-corrected chi connectivity index (χ1v) is 15.3. The van der Waals surface area contributed by atoms with E-state index in [-0.39, 0.29) is 10.8 Å². The first-order chi connectivity index (χ1) is 15.8. The molecule has 2 heteroatoms. The highest BCUT2D eigenvalue weighted by Gasteiger charge is 2.51. The average molecular weight is 485 g/mol. The van der Waals surface area contributed by atoms with E-state index in [0.717, 1.165) is 16.9 Å². The molecule has 1 nitrogen and oxygen atoms in total. The van der Waals surface area contributed by atoms with E-state index in [4.69, 9.17) is 0 Å². The Balaban J connectivity index is 1.64. The minimum Gasteiger partial charge on any atom is -0.507 e. The fraction of sp³-hybridized carbons (Fsp3) is 0.812. The van der Waals surface area contributed by atoms with Crippen LogP contribution < -0.4 is 0 Å². The smallest absolute Gasteiger partial charge is 0.123 e. The van der Waals surface area contributed by atoms with Crippen LogP contribution in [0.3, 0.4) is 0 Å². The number of thioether (sulfide) groups is 1. The van der Waals surface area contributed by atoms with E-state index >= 15 is 0 Å². The predicted molar refractivity (Wildman–Crippen MR) is 150 cm³/mol. The Labute approximate surface area is 215 Å². The lowest BCUT2D eigenvalue weighted by atomic mass is 9.49. The van der Waals surface area contributed by atoms with Crippen molar-refractivity contribution in [3.63, 3.8) is 0 Å². The second-order valence-corrected chi connectivity index (χ2v) is 16.2. The molecule has 3 unspecified atom stereocenters. The zero-order chi connectivity index (χ0) is 24.8. The van der Waals surface area contributed by atoms with Gasteiger partial charge < -0.3 is 5.11 Å². The molecule has 1 aromatic rings. The Hall–Kier alpha value is -0.630. The molecule has 0 aromatic heterocycles. The Kier molecular flexibility index (Phi) is 7.52. The third-order valence-electron chi connectivity index (χ3n) is 9.32. The average Bonchev–Trinajstić information content (AvgIpc) is 2.64. The van der Waals surface area contributed by atoms with Crippen molar-refractivity contribution in [2.24, 2.45) is 16.7 Å². The van der Waals surface area contributed by atoms with E-state index in [2.05, 4.69) is 72.4 Å². The molecular weight excluding hydrogens is 432 g/mol. The maximum absolute atomic E-state index is 11.8. The van der Waals surface area contributed by atoms with Gasteiger partial charge in [0.05, 0.1) is 0 Å². The van der Waals surface area contributed by atoms with Crippen molar-refractivity contribution in [3.05, 3.63) is 28.8 Å². The van der Waals surface area contributed by atoms with Crippen molar-refractivity contribution in [1.82, 2.24) is 0 Å². The Morgan fingerprint density at radius 3 is 2.15 bits per heavy atom. The fourth-order valence-corrected chi connectivity index (χ4v) is 9.78. The summed E-state index contributed by atoms with van der Waals surface area (Å²) in [6.45, 7) is 17.0. The van der Waals surface area contributed by atoms with Gasteiger partial charge in [-0.3, -0.25) is 0 Å². The van der Waals surface area contributed by atoms with Gasteiger partial charge in [-0.25, -0.2) is 0 Å². The van der Waals surface area contributed by atoms with Gasteiger partial charge in [0, 0.05) is 22.1 Å². The lowest BCUT2D eigenvalue weighted by Gasteiger charge is -2.56. The molecule has 1 N–H and O–H groups in total. The van der Waals surface area contributed by atoms with Gasteiger partial charge in [-0.1, -0.05) is 92.7 Å². The number of benzene rings is 1. The molecule has 192 valence electrons. The zero-order valence-electron chi connectivity index (χ0n) is 23.4. The maximum Gasteiger partial charge on any atom is 0.123 e. The molecule has 0 aliphatic heterocycles. The van der Waals surface area contributed by atoms with Gasteiger partial charge in [0.15, 0.2) is 0 Å². The van der Waals surface area contributed by atoms with E-state index in [1.54, 1.807) is 0 Å². The minimum absolute atomic E-state index is 0.0686. The van der Waals surface area contributed by atoms with Crippen molar-refractivity contribution in [2.45, 2.75) is 147 Å². The Morgan fingerprint density at radius 2 is 1.53 bits per heavy atom. The van der Waals surface area contributed by atoms with E-state index in [1.165, 1.54) is 93.7 Å². The van der Waals surface area contributed by atoms with Crippen molar-refractivity contribution in [2.75, 3.05) is 0 Å². The van der Waals surface area contributed by atoms with Gasteiger partial charge in [0.2, 0.25) is 0 Å². The lowest BCUT2D eigenvalue weighted by molar-refractivity contribution is -0.0213. The van der Waals surface area contributed by atoms with Crippen LogP contribution in [-0.4, -0.2) is 10.4 Å². The number of rotatable bonds is 4. The molecule has 34 heavy (non-hydrogen) atoms. The van der Waals surface area contributed by atoms with Gasteiger partial charge in [-0.2, -0.15) is 11.8 Å². The van der Waals surface area contributed by atoms with Crippen molar-refractivity contribution < 1.29 is 5.11 Å². The van der Waals surface area contributed by atoms with Crippen LogP contribution in [0.15, 0.2) is 12.1 Å². The predicted octanol–water partition coefficient (Wildman–Crippen LogP) is 9.92. The van der Waals surface area contributed by atoms with Crippen LogP contribution >= 0.6 is 11.8 Å². The summed E-state index contributed by atoms with van der Waals surface area (Å²) in [6.07, 6.45) is 16.1. The SMILES string of the molecule is CC1(C)CC2CC(C)(C1)CC(C)(c1cc(C(C)(C)C)cc(CSC3CCCCCCC3)c1O)C2. The highest BCUT2D eigenvalue weighted by molar-refractivity contribution is 7.99. The molecule has 0 radical (unpaired) electrons. The van der Waals surface area contributed by atoms with Gasteiger partial charge >= 0.3 is 0 Å². The van der Waals surface area contributed by atoms with Crippen LogP contribution in [-0.2, 0) is 16.6 Å². The second-order valence-electron chi connectivity index (χ2n) is 14.9. The summed E-state index contributed by atoms with van der Waals surface area (Å²) in [5.41, 5.74) is 4.84. The topological polar surface area (TPSA) is 20.2 Å². The molecule has 3 fully saturated rings. The van der Waals surface area contributed by atoms with Crippen LogP contribution in [0, 0.1) is 16.7 Å². The van der Waals surface area contributed by atoms with Crippen LogP contribution in [0.25, 0.3) is 0 Å². The maximum atomic E-state index is 11.8. The zero-order valence-corrected chi connectivity index (χ0v) is 24.2. The molecule has 0 saturated heterocycles. The standard InChI is InChI=1S/C32H52OS/c1-29(2,3)25-15-24(20-34-26-13-11-9-8-10-12-14-26)28(33)27(16-25)32(7)19-23-17-30(4,5)21-31(6,18-23)22-32/h15-16,23,26,33H,8-14,17-22H2,1-7H3. The van der Waals surface area contributed by atoms with Gasteiger partial charge in [-0.15, -0.1) is 0 Å². The van der Waals surface area contributed by atoms with Gasteiger partial charge in [-0.05, 0) is 78.1 Å². The molecule has 0 heterocycles. The van der Waals surface area contributed by atoms with Gasteiger partial charge in [0.25, 0.3) is 0 Å². The quantitative estimate of drug-likeness (QED) is 0.459. The first-order valence-electron chi connectivity index (χ1n) is 14.3. The summed E-state index contributed by atoms with van der Waals surface area (Å²) in [5.74, 6) is 2.35. The normalized spacial score (nSPS) is 32.7. The second kappa shape index (κ2) is 9.68. The molecule has 1 aromatic carbocycles. The molecule has 3 aliphatic rings. The summed E-state index contributed by atoms with van der Waals surface area (Å²) < 4.78 is 0. The molecule has 3 atom stereocenters. The van der Waals surface area contributed by atoms with E-state index in [1.807, 2.05) is 0 Å². The third kappa shape index (κ3) is 6.01. The number of aromatic hydroxyl groups is 1. The number of hydrogen-bond acceptors (Lipinski definition) is 2. The molecular formula is C32H52OS.